The van der Waals surface area contributed by atoms with Crippen molar-refractivity contribution in [2.24, 2.45) is 5.92 Å². The number of allylic oxidation sites excluding steroid dienone is 8. The summed E-state index contributed by atoms with van der Waals surface area (Å²) in [6.45, 7) is 6.79. The van der Waals surface area contributed by atoms with E-state index in [4.69, 9.17) is 0 Å². The Morgan fingerprint density at radius 2 is 1.68 bits per heavy atom. The normalized spacial score (nSPS) is 21.8. The molecular weight excluding hydrogens is 426 g/mol. The first-order chi connectivity index (χ1) is 11.2. The SMILES string of the molecule is CCC1=[C-]C(C2=CC=CC2)C(CC)=C1CC.[Cl-].[Cl-].[Zr+2]=[C]1CCCCC1. The molecule has 0 saturated heterocycles. The van der Waals surface area contributed by atoms with E-state index in [9.17, 15) is 0 Å². The van der Waals surface area contributed by atoms with Crippen molar-refractivity contribution in [3.63, 3.8) is 0 Å². The first kappa shape index (κ1) is 25.3. The molecule has 0 radical (unpaired) electrons. The molecule has 3 aliphatic carbocycles. The zero-order valence-corrected chi connectivity index (χ0v) is 19.9. The third-order valence-corrected chi connectivity index (χ3v) is 6.36. The monoisotopic (exact) mass is 455 g/mol. The fraction of sp³-hybridized carbons (Fsp3) is 0.591. The molecule has 1 atom stereocenters. The van der Waals surface area contributed by atoms with Gasteiger partial charge in [-0.05, 0) is 6.42 Å². The van der Waals surface area contributed by atoms with Crippen LogP contribution in [0.4, 0.5) is 0 Å². The van der Waals surface area contributed by atoms with E-state index in [1.54, 1.807) is 38.6 Å². The van der Waals surface area contributed by atoms with E-state index in [0.717, 1.165) is 19.3 Å². The molecule has 0 nitrogen and oxygen atoms in total. The topological polar surface area (TPSA) is 0 Å². The van der Waals surface area contributed by atoms with Gasteiger partial charge in [-0.15, -0.1) is 0 Å². The van der Waals surface area contributed by atoms with E-state index < -0.39 is 0 Å². The fourth-order valence-electron chi connectivity index (χ4n) is 3.86. The summed E-state index contributed by atoms with van der Waals surface area (Å²) >= 11 is 1.69. The van der Waals surface area contributed by atoms with Crippen LogP contribution >= 0.6 is 0 Å². The van der Waals surface area contributed by atoms with Crippen LogP contribution in [-0.2, 0) is 24.2 Å². The summed E-state index contributed by atoms with van der Waals surface area (Å²) in [5, 5.41) is 0. The Hall–Kier alpha value is 0.293. The van der Waals surface area contributed by atoms with Crippen LogP contribution in [0.5, 0.6) is 0 Å². The average Bonchev–Trinajstić information content (AvgIpc) is 3.22. The zero-order valence-electron chi connectivity index (χ0n) is 15.9. The van der Waals surface area contributed by atoms with Crippen LogP contribution in [-0.4, -0.2) is 3.21 Å². The van der Waals surface area contributed by atoms with E-state index >= 15 is 0 Å². The van der Waals surface area contributed by atoms with Crippen molar-refractivity contribution >= 4 is 3.21 Å². The van der Waals surface area contributed by atoms with E-state index in [1.165, 1.54) is 49.7 Å². The van der Waals surface area contributed by atoms with Crippen molar-refractivity contribution in [2.75, 3.05) is 0 Å². The average molecular weight is 458 g/mol. The molecule has 1 fully saturated rings. The first-order valence-electron chi connectivity index (χ1n) is 9.47. The van der Waals surface area contributed by atoms with Crippen LogP contribution < -0.4 is 24.8 Å². The Morgan fingerprint density at radius 1 is 1.00 bits per heavy atom. The Balaban J connectivity index is 0.000000547. The molecule has 1 unspecified atom stereocenters. The molecule has 0 spiro atoms. The van der Waals surface area contributed by atoms with Gasteiger partial charge in [-0.3, -0.25) is 6.08 Å². The Kier molecular flexibility index (Phi) is 13.6. The molecule has 3 rings (SSSR count). The van der Waals surface area contributed by atoms with Crippen molar-refractivity contribution < 1.29 is 49.0 Å². The van der Waals surface area contributed by atoms with Crippen molar-refractivity contribution in [3.8, 4) is 0 Å². The van der Waals surface area contributed by atoms with Gasteiger partial charge in [-0.1, -0.05) is 69.8 Å². The summed E-state index contributed by atoms with van der Waals surface area (Å²) in [4.78, 5) is 0. The van der Waals surface area contributed by atoms with Crippen LogP contribution in [0.15, 0.2) is 40.5 Å². The molecule has 0 aromatic rings. The molecule has 0 aromatic heterocycles. The Morgan fingerprint density at radius 3 is 2.08 bits per heavy atom. The van der Waals surface area contributed by atoms with E-state index in [-0.39, 0.29) is 24.8 Å². The molecule has 3 aliphatic rings. The van der Waals surface area contributed by atoms with Crippen molar-refractivity contribution in [1.82, 2.24) is 0 Å². The molecule has 0 N–H and O–H groups in total. The van der Waals surface area contributed by atoms with Crippen LogP contribution in [0.1, 0.15) is 78.6 Å². The van der Waals surface area contributed by atoms with Gasteiger partial charge in [0.15, 0.2) is 0 Å². The van der Waals surface area contributed by atoms with Crippen molar-refractivity contribution in [1.29, 1.82) is 0 Å². The van der Waals surface area contributed by atoms with E-state index in [2.05, 4.69) is 45.1 Å². The van der Waals surface area contributed by atoms with Gasteiger partial charge < -0.3 is 24.8 Å². The van der Waals surface area contributed by atoms with Crippen LogP contribution in [0.25, 0.3) is 0 Å². The van der Waals surface area contributed by atoms with Crippen LogP contribution in [0.3, 0.4) is 0 Å². The standard InChI is InChI=1S/C16H21.C6H10.2ClH.Zr/c1-4-12-11-16(13-9-7-8-10-13)15(6-3)14(12)5-2;1-2-4-6-5-3-1;;;/h7-9,16H,4-6,10H2,1-3H3;1-5H2;2*1H;/q-1;;;;+2/p-2. The van der Waals surface area contributed by atoms with E-state index in [1.807, 2.05) is 0 Å². The van der Waals surface area contributed by atoms with Crippen LogP contribution in [0, 0.1) is 12.0 Å². The number of halogens is 2. The number of hydrogen-bond donors (Lipinski definition) is 0. The molecule has 1 saturated carbocycles. The molecule has 3 heteroatoms. The maximum absolute atomic E-state index is 3.72. The van der Waals surface area contributed by atoms with Gasteiger partial charge in [0.2, 0.25) is 0 Å². The molecule has 0 heterocycles. The van der Waals surface area contributed by atoms with Crippen molar-refractivity contribution in [3.05, 3.63) is 46.6 Å². The summed E-state index contributed by atoms with van der Waals surface area (Å²) in [7, 11) is 0. The zero-order chi connectivity index (χ0) is 16.7. The Labute approximate surface area is 182 Å². The van der Waals surface area contributed by atoms with Gasteiger partial charge in [0.25, 0.3) is 0 Å². The van der Waals surface area contributed by atoms with Crippen molar-refractivity contribution in [2.45, 2.75) is 78.6 Å². The molecule has 0 bridgehead atoms. The summed E-state index contributed by atoms with van der Waals surface area (Å²) in [6.07, 6.45) is 22.3. The third kappa shape index (κ3) is 7.08. The second-order valence-electron chi connectivity index (χ2n) is 6.66. The minimum absolute atomic E-state index is 0. The van der Waals surface area contributed by atoms with Gasteiger partial charge in [-0.25, -0.2) is 5.57 Å². The van der Waals surface area contributed by atoms with Gasteiger partial charge in [0.05, 0.1) is 0 Å². The van der Waals surface area contributed by atoms with Gasteiger partial charge >= 0.3 is 59.5 Å². The second-order valence-corrected chi connectivity index (χ2v) is 8.40. The quantitative estimate of drug-likeness (QED) is 0.538. The number of hydrogen-bond acceptors (Lipinski definition) is 0. The summed E-state index contributed by atoms with van der Waals surface area (Å²) < 4.78 is 1.80. The molecule has 25 heavy (non-hydrogen) atoms. The molecule has 0 aliphatic heterocycles. The summed E-state index contributed by atoms with van der Waals surface area (Å²) in [5.74, 6) is 0.491. The predicted octanol–water partition coefficient (Wildman–Crippen LogP) is 0.436. The molecule has 138 valence electrons. The summed E-state index contributed by atoms with van der Waals surface area (Å²) in [6, 6.07) is 0. The molecular formula is C22H31Cl2Zr-. The van der Waals surface area contributed by atoms with Gasteiger partial charge in [0, 0.05) is 0 Å². The minimum atomic E-state index is 0. The van der Waals surface area contributed by atoms with Gasteiger partial charge in [-0.2, -0.15) is 11.1 Å². The molecule has 0 amide bonds. The molecule has 0 aromatic carbocycles. The first-order valence-corrected chi connectivity index (χ1v) is 10.7. The predicted molar refractivity (Wildman–Crippen MR) is 98.1 cm³/mol. The van der Waals surface area contributed by atoms with E-state index in [0.29, 0.717) is 5.92 Å². The maximum atomic E-state index is 3.72. The second kappa shape index (κ2) is 13.5. The third-order valence-electron chi connectivity index (χ3n) is 5.13. The fourth-order valence-corrected chi connectivity index (χ4v) is 4.73. The Bertz CT molecular complexity index is 544. The van der Waals surface area contributed by atoms with Gasteiger partial charge in [0.1, 0.15) is 0 Å². The van der Waals surface area contributed by atoms with Crippen LogP contribution in [0.2, 0.25) is 0 Å². The number of rotatable bonds is 4. The summed E-state index contributed by atoms with van der Waals surface area (Å²) in [5.41, 5.74) is 6.21.